The summed E-state index contributed by atoms with van der Waals surface area (Å²) >= 11 is 0. The number of carbonyl (C=O) groups excluding carboxylic acids is 2. The average molecular weight is 447 g/mol. The van der Waals surface area contributed by atoms with Gasteiger partial charge in [0.05, 0.1) is 6.04 Å². The van der Waals surface area contributed by atoms with Crippen LogP contribution in [0.25, 0.3) is 0 Å². The lowest BCUT2D eigenvalue weighted by atomic mass is 9.73. The summed E-state index contributed by atoms with van der Waals surface area (Å²) < 4.78 is 0. The van der Waals surface area contributed by atoms with Gasteiger partial charge in [-0.25, -0.2) is 0 Å². The van der Waals surface area contributed by atoms with Crippen molar-refractivity contribution in [1.29, 1.82) is 0 Å². The van der Waals surface area contributed by atoms with Crippen LogP contribution in [0.5, 0.6) is 0 Å². The van der Waals surface area contributed by atoms with Crippen molar-refractivity contribution in [2.75, 3.05) is 13.1 Å². The fourth-order valence-electron chi connectivity index (χ4n) is 6.12. The van der Waals surface area contributed by atoms with E-state index in [4.69, 9.17) is 0 Å². The van der Waals surface area contributed by atoms with E-state index < -0.39 is 5.60 Å². The Balaban J connectivity index is 1.23. The van der Waals surface area contributed by atoms with Gasteiger partial charge in [0, 0.05) is 30.6 Å². The number of ketones is 1. The number of piperidine rings is 1. The molecule has 3 aliphatic rings. The lowest BCUT2D eigenvalue weighted by molar-refractivity contribution is -0.149. The van der Waals surface area contributed by atoms with Crippen LogP contribution in [0, 0.1) is 17.8 Å². The lowest BCUT2D eigenvalue weighted by Crippen LogP contribution is -2.52. The molecule has 1 heterocycles. The molecule has 0 radical (unpaired) electrons. The Morgan fingerprint density at radius 3 is 2.12 bits per heavy atom. The van der Waals surface area contributed by atoms with Gasteiger partial charge in [-0.2, -0.15) is 0 Å². The first kappa shape index (κ1) is 22.3. The Morgan fingerprint density at radius 1 is 0.939 bits per heavy atom. The van der Waals surface area contributed by atoms with Crippen molar-refractivity contribution in [2.24, 2.45) is 17.8 Å². The summed E-state index contributed by atoms with van der Waals surface area (Å²) in [5, 5.41) is 15.0. The predicted octanol–water partition coefficient (Wildman–Crippen LogP) is 3.77. The van der Waals surface area contributed by atoms with Crippen LogP contribution in [0.15, 0.2) is 60.7 Å². The van der Waals surface area contributed by atoms with Gasteiger partial charge in [-0.05, 0) is 37.2 Å². The summed E-state index contributed by atoms with van der Waals surface area (Å²) in [6, 6.07) is 18.8. The lowest BCUT2D eigenvalue weighted by Gasteiger charge is -2.38. The summed E-state index contributed by atoms with van der Waals surface area (Å²) in [4.78, 5) is 28.6. The number of fused-ring (bicyclic) bond motifs is 1. The highest BCUT2D eigenvalue weighted by molar-refractivity contribution is 5.99. The number of benzene rings is 2. The monoisotopic (exact) mass is 446 g/mol. The van der Waals surface area contributed by atoms with E-state index in [1.165, 1.54) is 6.42 Å². The number of likely N-dealkylation sites (tertiary alicyclic amines) is 1. The van der Waals surface area contributed by atoms with Crippen molar-refractivity contribution >= 4 is 11.7 Å². The minimum absolute atomic E-state index is 0.0488. The van der Waals surface area contributed by atoms with Crippen molar-refractivity contribution in [2.45, 2.75) is 56.7 Å². The van der Waals surface area contributed by atoms with Crippen LogP contribution in [0.4, 0.5) is 0 Å². The SMILES string of the molecule is CC(C(=O)c1ccccc1)N1CC2[C@H](C1)[C@H]2NC(=O)C(O)(c1ccccc1)C1CCCCC1. The van der Waals surface area contributed by atoms with Gasteiger partial charge < -0.3 is 10.4 Å². The first-order valence-electron chi connectivity index (χ1n) is 12.4. The molecule has 5 nitrogen and oxygen atoms in total. The topological polar surface area (TPSA) is 69.6 Å². The molecular weight excluding hydrogens is 412 g/mol. The normalized spacial score (nSPS) is 27.9. The third kappa shape index (κ3) is 4.13. The standard InChI is InChI=1S/C28H34N2O3/c1-19(26(31)20-11-5-2-6-12-20)30-17-23-24(18-30)25(23)29-27(32)28(33,21-13-7-3-8-14-21)22-15-9-4-10-16-22/h2-3,5-8,11-14,19,22-25,33H,4,9-10,15-18H2,1H3,(H,29,32)/t19?,23-,24?,25+,28?/m0/s1. The Hall–Kier alpha value is -2.50. The van der Waals surface area contributed by atoms with Crippen LogP contribution in [-0.2, 0) is 10.4 Å². The predicted molar refractivity (Wildman–Crippen MR) is 128 cm³/mol. The molecule has 5 atom stereocenters. The first-order chi connectivity index (χ1) is 16.0. The third-order valence-corrected chi connectivity index (χ3v) is 8.26. The molecule has 2 aliphatic carbocycles. The van der Waals surface area contributed by atoms with Crippen molar-refractivity contribution in [3.05, 3.63) is 71.8 Å². The molecule has 3 unspecified atom stereocenters. The van der Waals surface area contributed by atoms with Gasteiger partial charge in [0.1, 0.15) is 0 Å². The zero-order chi connectivity index (χ0) is 23.0. The van der Waals surface area contributed by atoms with Gasteiger partial charge in [-0.3, -0.25) is 14.5 Å². The van der Waals surface area contributed by atoms with Crippen LogP contribution in [0.2, 0.25) is 0 Å². The van der Waals surface area contributed by atoms with Gasteiger partial charge in [-0.1, -0.05) is 79.9 Å². The smallest absolute Gasteiger partial charge is 0.257 e. The van der Waals surface area contributed by atoms with Crippen LogP contribution in [-0.4, -0.2) is 46.9 Å². The molecule has 174 valence electrons. The molecule has 2 aromatic carbocycles. The Kier molecular flexibility index (Phi) is 6.11. The van der Waals surface area contributed by atoms with Crippen LogP contribution in [0.1, 0.15) is 54.9 Å². The Labute approximate surface area is 196 Å². The summed E-state index contributed by atoms with van der Waals surface area (Å²) in [6.45, 7) is 3.59. The molecule has 1 aliphatic heterocycles. The number of aliphatic hydroxyl groups is 1. The Morgan fingerprint density at radius 2 is 1.52 bits per heavy atom. The van der Waals surface area contributed by atoms with E-state index in [1.54, 1.807) is 0 Å². The summed E-state index contributed by atoms with van der Waals surface area (Å²) in [5.74, 6) is 0.554. The van der Waals surface area contributed by atoms with Gasteiger partial charge in [0.25, 0.3) is 5.91 Å². The minimum Gasteiger partial charge on any atom is -0.375 e. The van der Waals surface area contributed by atoms with Crippen molar-refractivity contribution in [3.63, 3.8) is 0 Å². The van der Waals surface area contributed by atoms with Gasteiger partial charge in [0.2, 0.25) is 0 Å². The molecule has 5 rings (SSSR count). The molecule has 1 saturated heterocycles. The van der Waals surface area contributed by atoms with E-state index in [0.29, 0.717) is 17.4 Å². The number of rotatable bonds is 7. The number of Topliss-reactive ketones (excluding diaryl/α,β-unsaturated/α-hetero) is 1. The number of nitrogens with one attached hydrogen (secondary N) is 1. The summed E-state index contributed by atoms with van der Waals surface area (Å²) in [6.07, 6.45) is 5.05. The molecule has 2 N–H and O–H groups in total. The van der Waals surface area contributed by atoms with Crippen LogP contribution >= 0.6 is 0 Å². The van der Waals surface area contributed by atoms with Gasteiger partial charge >= 0.3 is 0 Å². The quantitative estimate of drug-likeness (QED) is 0.635. The summed E-state index contributed by atoms with van der Waals surface area (Å²) in [7, 11) is 0. The van der Waals surface area contributed by atoms with Gasteiger partial charge in [0.15, 0.2) is 11.4 Å². The van der Waals surface area contributed by atoms with Crippen LogP contribution < -0.4 is 5.32 Å². The van der Waals surface area contributed by atoms with E-state index >= 15 is 0 Å². The molecule has 33 heavy (non-hydrogen) atoms. The molecule has 0 spiro atoms. The third-order valence-electron chi connectivity index (χ3n) is 8.26. The molecule has 0 bridgehead atoms. The number of nitrogens with zero attached hydrogens (tertiary/aromatic N) is 1. The van der Waals surface area contributed by atoms with E-state index in [0.717, 1.165) is 44.3 Å². The Bertz CT molecular complexity index is 977. The average Bonchev–Trinajstić information content (AvgIpc) is 3.30. The zero-order valence-electron chi connectivity index (χ0n) is 19.3. The molecular formula is C28H34N2O3. The summed E-state index contributed by atoms with van der Waals surface area (Å²) in [5.41, 5.74) is -0.0331. The van der Waals surface area contributed by atoms with Gasteiger partial charge in [-0.15, -0.1) is 0 Å². The zero-order valence-corrected chi connectivity index (χ0v) is 19.3. The van der Waals surface area contributed by atoms with Crippen molar-refractivity contribution < 1.29 is 14.7 Å². The molecule has 2 aromatic rings. The van der Waals surface area contributed by atoms with E-state index in [2.05, 4.69) is 10.2 Å². The highest BCUT2D eigenvalue weighted by atomic mass is 16.3. The fraction of sp³-hybridized carbons (Fsp3) is 0.500. The van der Waals surface area contributed by atoms with Crippen molar-refractivity contribution in [3.8, 4) is 0 Å². The van der Waals surface area contributed by atoms with E-state index in [-0.39, 0.29) is 29.7 Å². The molecule has 1 amide bonds. The highest BCUT2D eigenvalue weighted by Crippen LogP contribution is 2.47. The first-order valence-corrected chi connectivity index (χ1v) is 12.4. The minimum atomic E-state index is -1.48. The maximum Gasteiger partial charge on any atom is 0.257 e. The second-order valence-corrected chi connectivity index (χ2v) is 10.2. The van der Waals surface area contributed by atoms with Crippen LogP contribution in [0.3, 0.4) is 0 Å². The largest absolute Gasteiger partial charge is 0.375 e. The fourth-order valence-corrected chi connectivity index (χ4v) is 6.12. The maximum absolute atomic E-state index is 13.5. The molecule has 0 aromatic heterocycles. The second-order valence-electron chi connectivity index (χ2n) is 10.2. The number of hydrogen-bond acceptors (Lipinski definition) is 4. The number of amides is 1. The number of carbonyl (C=O) groups is 2. The number of hydrogen-bond donors (Lipinski definition) is 2. The highest BCUT2D eigenvalue weighted by Gasteiger charge is 2.59. The maximum atomic E-state index is 13.5. The van der Waals surface area contributed by atoms with E-state index in [9.17, 15) is 14.7 Å². The second kappa shape index (κ2) is 9.03. The molecule has 2 saturated carbocycles. The van der Waals surface area contributed by atoms with Crippen molar-refractivity contribution in [1.82, 2.24) is 10.2 Å². The molecule has 5 heteroatoms. The van der Waals surface area contributed by atoms with E-state index in [1.807, 2.05) is 67.6 Å². The molecule has 3 fully saturated rings.